The zero-order valence-corrected chi connectivity index (χ0v) is 18.5. The molecule has 1 amide bonds. The molecule has 5 N–H and O–H groups in total. The maximum absolute atomic E-state index is 12.6. The Bertz CT molecular complexity index is 1050. The predicted octanol–water partition coefficient (Wildman–Crippen LogP) is 2.28. The molecular weight excluding hydrogens is 418 g/mol. The second-order valence-corrected chi connectivity index (χ2v) is 8.11. The standard InChI is InChI=1S/C26H29N3O4/c1-2-29-23-15-18(24(32)27-16-21(31)17-30)13-14-22(23)28-25(29)26(33,19-9-5-3-6-10-19)20-11-7-4-8-12-20/h3-15,21,25,28,30-31,33H,2,16-17H2,1H3,(H,27,32)/t21-,25?/m0/s1. The lowest BCUT2D eigenvalue weighted by molar-refractivity contribution is 0.0598. The van der Waals surface area contributed by atoms with Crippen LogP contribution in [-0.4, -0.2) is 53.2 Å². The summed E-state index contributed by atoms with van der Waals surface area (Å²) in [7, 11) is 0. The van der Waals surface area contributed by atoms with Gasteiger partial charge < -0.3 is 30.9 Å². The van der Waals surface area contributed by atoms with Crippen molar-refractivity contribution in [2.75, 3.05) is 29.9 Å². The van der Waals surface area contributed by atoms with Crippen molar-refractivity contribution >= 4 is 17.3 Å². The van der Waals surface area contributed by atoms with Gasteiger partial charge in [-0.1, -0.05) is 60.7 Å². The number of aliphatic hydroxyl groups excluding tert-OH is 2. The number of anilines is 2. The van der Waals surface area contributed by atoms with E-state index in [-0.39, 0.29) is 12.5 Å². The third kappa shape index (κ3) is 4.30. The largest absolute Gasteiger partial charge is 0.394 e. The molecule has 3 aromatic rings. The van der Waals surface area contributed by atoms with Crippen LogP contribution in [0.3, 0.4) is 0 Å². The van der Waals surface area contributed by atoms with Crippen LogP contribution in [0.4, 0.5) is 11.4 Å². The Morgan fingerprint density at radius 2 is 1.67 bits per heavy atom. The predicted molar refractivity (Wildman–Crippen MR) is 128 cm³/mol. The number of fused-ring (bicyclic) bond motifs is 1. The number of hydrogen-bond donors (Lipinski definition) is 5. The second-order valence-electron chi connectivity index (χ2n) is 8.11. The van der Waals surface area contributed by atoms with Crippen LogP contribution in [0.15, 0.2) is 78.9 Å². The number of hydrogen-bond acceptors (Lipinski definition) is 6. The highest BCUT2D eigenvalue weighted by Crippen LogP contribution is 2.44. The van der Waals surface area contributed by atoms with Gasteiger partial charge in [0.2, 0.25) is 0 Å². The summed E-state index contributed by atoms with van der Waals surface area (Å²) >= 11 is 0. The normalized spacial score (nSPS) is 16.1. The Kier molecular flexibility index (Phi) is 6.65. The fraction of sp³-hybridized carbons (Fsp3) is 0.269. The minimum atomic E-state index is -1.36. The van der Waals surface area contributed by atoms with Crippen molar-refractivity contribution in [3.63, 3.8) is 0 Å². The van der Waals surface area contributed by atoms with Gasteiger partial charge in [0, 0.05) is 18.7 Å². The number of nitrogens with one attached hydrogen (secondary N) is 2. The lowest BCUT2D eigenvalue weighted by Crippen LogP contribution is -2.53. The molecule has 0 saturated heterocycles. The van der Waals surface area contributed by atoms with Crippen molar-refractivity contribution in [1.29, 1.82) is 0 Å². The van der Waals surface area contributed by atoms with E-state index < -0.39 is 24.5 Å². The van der Waals surface area contributed by atoms with Crippen molar-refractivity contribution in [2.45, 2.75) is 24.8 Å². The smallest absolute Gasteiger partial charge is 0.251 e. The Morgan fingerprint density at radius 3 is 2.21 bits per heavy atom. The van der Waals surface area contributed by atoms with E-state index >= 15 is 0 Å². The molecule has 172 valence electrons. The molecule has 0 bridgehead atoms. The number of carbonyl (C=O) groups excluding carboxylic acids is 1. The molecule has 33 heavy (non-hydrogen) atoms. The van der Waals surface area contributed by atoms with Gasteiger partial charge in [-0.3, -0.25) is 4.79 Å². The van der Waals surface area contributed by atoms with Crippen LogP contribution in [0.1, 0.15) is 28.4 Å². The van der Waals surface area contributed by atoms with Gasteiger partial charge in [-0.15, -0.1) is 0 Å². The van der Waals surface area contributed by atoms with Crippen LogP contribution in [0.5, 0.6) is 0 Å². The fourth-order valence-corrected chi connectivity index (χ4v) is 4.32. The van der Waals surface area contributed by atoms with Crippen LogP contribution in [0.2, 0.25) is 0 Å². The van der Waals surface area contributed by atoms with Gasteiger partial charge in [0.15, 0.2) is 5.60 Å². The molecule has 4 rings (SSSR count). The number of amides is 1. The molecule has 0 aliphatic carbocycles. The summed E-state index contributed by atoms with van der Waals surface area (Å²) < 4.78 is 0. The molecule has 0 saturated carbocycles. The molecule has 2 atom stereocenters. The summed E-state index contributed by atoms with van der Waals surface area (Å²) in [5.41, 5.74) is 2.22. The van der Waals surface area contributed by atoms with E-state index in [9.17, 15) is 15.0 Å². The molecule has 0 aromatic heterocycles. The van der Waals surface area contributed by atoms with E-state index in [1.165, 1.54) is 0 Å². The van der Waals surface area contributed by atoms with Crippen LogP contribution < -0.4 is 15.5 Å². The first kappa shape index (κ1) is 22.8. The van der Waals surface area contributed by atoms with Crippen LogP contribution in [-0.2, 0) is 5.60 Å². The van der Waals surface area contributed by atoms with Crippen LogP contribution in [0, 0.1) is 0 Å². The van der Waals surface area contributed by atoms with Gasteiger partial charge in [-0.2, -0.15) is 0 Å². The Hall–Kier alpha value is -3.39. The lowest BCUT2D eigenvalue weighted by atomic mass is 9.83. The summed E-state index contributed by atoms with van der Waals surface area (Å²) in [6.45, 7) is 2.15. The van der Waals surface area contributed by atoms with Crippen molar-refractivity contribution in [3.05, 3.63) is 95.6 Å². The van der Waals surface area contributed by atoms with Crippen molar-refractivity contribution in [2.24, 2.45) is 0 Å². The maximum Gasteiger partial charge on any atom is 0.251 e. The topological polar surface area (TPSA) is 105 Å². The molecule has 0 fully saturated rings. The highest BCUT2D eigenvalue weighted by molar-refractivity contribution is 5.97. The zero-order valence-electron chi connectivity index (χ0n) is 18.5. The van der Waals surface area contributed by atoms with Gasteiger partial charge in [-0.05, 0) is 36.2 Å². The average Bonchev–Trinajstić information content (AvgIpc) is 3.25. The molecule has 3 aromatic carbocycles. The van der Waals surface area contributed by atoms with E-state index in [0.717, 1.165) is 22.5 Å². The van der Waals surface area contributed by atoms with E-state index in [0.29, 0.717) is 12.1 Å². The highest BCUT2D eigenvalue weighted by atomic mass is 16.3. The number of rotatable bonds is 8. The second kappa shape index (κ2) is 9.62. The van der Waals surface area contributed by atoms with Gasteiger partial charge >= 0.3 is 0 Å². The fourth-order valence-electron chi connectivity index (χ4n) is 4.32. The highest BCUT2D eigenvalue weighted by Gasteiger charge is 2.47. The summed E-state index contributed by atoms with van der Waals surface area (Å²) in [4.78, 5) is 14.6. The number of benzene rings is 3. The molecule has 7 nitrogen and oxygen atoms in total. The summed E-state index contributed by atoms with van der Waals surface area (Å²) in [5.74, 6) is -0.341. The minimum Gasteiger partial charge on any atom is -0.394 e. The number of aliphatic hydroxyl groups is 3. The Morgan fingerprint density at radius 1 is 1.06 bits per heavy atom. The molecule has 1 aliphatic heterocycles. The monoisotopic (exact) mass is 447 g/mol. The van der Waals surface area contributed by atoms with Crippen molar-refractivity contribution < 1.29 is 20.1 Å². The van der Waals surface area contributed by atoms with Crippen LogP contribution >= 0.6 is 0 Å². The number of likely N-dealkylation sites (N-methyl/N-ethyl adjacent to an activating group) is 1. The first-order chi connectivity index (χ1) is 16.0. The Labute approximate surface area is 193 Å². The summed E-state index contributed by atoms with van der Waals surface area (Å²) in [6.07, 6.45) is -1.51. The number of nitrogens with zero attached hydrogens (tertiary/aromatic N) is 1. The van der Waals surface area contributed by atoms with Gasteiger partial charge in [0.25, 0.3) is 5.91 Å². The lowest BCUT2D eigenvalue weighted by Gasteiger charge is -2.40. The molecule has 0 radical (unpaired) electrons. The SMILES string of the molecule is CCN1c2cc(C(=O)NC[C@H](O)CO)ccc2NC1C(O)(c1ccccc1)c1ccccc1. The average molecular weight is 448 g/mol. The third-order valence-corrected chi connectivity index (χ3v) is 6.05. The van der Waals surface area contributed by atoms with Crippen molar-refractivity contribution in [3.8, 4) is 0 Å². The summed E-state index contributed by atoms with van der Waals surface area (Å²) in [6, 6.07) is 24.4. The van der Waals surface area contributed by atoms with Crippen molar-refractivity contribution in [1.82, 2.24) is 5.32 Å². The van der Waals surface area contributed by atoms with E-state index in [2.05, 4.69) is 15.5 Å². The Balaban J connectivity index is 1.71. The summed E-state index contributed by atoms with van der Waals surface area (Å²) in [5, 5.41) is 36.8. The molecule has 1 unspecified atom stereocenters. The molecular formula is C26H29N3O4. The molecule has 7 heteroatoms. The molecule has 0 spiro atoms. The zero-order chi connectivity index (χ0) is 23.4. The maximum atomic E-state index is 12.6. The van der Waals surface area contributed by atoms with Crippen LogP contribution in [0.25, 0.3) is 0 Å². The minimum absolute atomic E-state index is 0.0352. The first-order valence-corrected chi connectivity index (χ1v) is 11.1. The molecule has 1 aliphatic rings. The van der Waals surface area contributed by atoms with E-state index in [4.69, 9.17) is 5.11 Å². The van der Waals surface area contributed by atoms with E-state index in [1.807, 2.05) is 73.7 Å². The van der Waals surface area contributed by atoms with E-state index in [1.54, 1.807) is 12.1 Å². The third-order valence-electron chi connectivity index (χ3n) is 6.05. The quantitative estimate of drug-likeness (QED) is 0.363. The van der Waals surface area contributed by atoms with Gasteiger partial charge in [-0.25, -0.2) is 0 Å². The van der Waals surface area contributed by atoms with Gasteiger partial charge in [0.05, 0.1) is 24.1 Å². The number of carbonyl (C=O) groups is 1. The van der Waals surface area contributed by atoms with Gasteiger partial charge in [0.1, 0.15) is 6.17 Å². The molecule has 1 heterocycles. The first-order valence-electron chi connectivity index (χ1n) is 11.1.